The minimum Gasteiger partial charge on any atom is -0.506 e. The summed E-state index contributed by atoms with van der Waals surface area (Å²) in [5.41, 5.74) is 1.31. The molecule has 0 bridgehead atoms. The number of anilines is 1. The normalized spacial score (nSPS) is 9.81. The summed E-state index contributed by atoms with van der Waals surface area (Å²) < 4.78 is 0. The second-order valence-electron chi connectivity index (χ2n) is 4.14. The van der Waals surface area contributed by atoms with Crippen LogP contribution < -0.4 is 16.1 Å². The highest BCUT2D eigenvalue weighted by atomic mass is 16.5. The first-order valence-electron chi connectivity index (χ1n) is 5.86. The lowest BCUT2D eigenvalue weighted by Gasteiger charge is -2.12. The maximum absolute atomic E-state index is 11.6. The molecule has 0 saturated heterocycles. The molecule has 0 aliphatic rings. The minimum absolute atomic E-state index is 0.151. The maximum Gasteiger partial charge on any atom is 0.262 e. The van der Waals surface area contributed by atoms with Crippen molar-refractivity contribution in [3.05, 3.63) is 17.7 Å². The average molecular weight is 297 g/mol. The van der Waals surface area contributed by atoms with E-state index in [-0.39, 0.29) is 23.4 Å². The van der Waals surface area contributed by atoms with E-state index in [0.29, 0.717) is 0 Å². The molecule has 0 radical (unpaired) electrons. The Kier molecular flexibility index (Phi) is 5.49. The van der Waals surface area contributed by atoms with E-state index in [1.807, 2.05) is 0 Å². The first-order valence-corrected chi connectivity index (χ1v) is 5.86. The van der Waals surface area contributed by atoms with Gasteiger partial charge in [0.05, 0.1) is 13.0 Å². The quantitative estimate of drug-likeness (QED) is 0.238. The molecule has 0 atom stereocenters. The van der Waals surface area contributed by atoms with Gasteiger partial charge < -0.3 is 20.8 Å². The Morgan fingerprint density at radius 1 is 1.14 bits per heavy atom. The van der Waals surface area contributed by atoms with Gasteiger partial charge in [-0.1, -0.05) is 6.07 Å². The van der Waals surface area contributed by atoms with Crippen molar-refractivity contribution in [1.82, 2.24) is 10.8 Å². The van der Waals surface area contributed by atoms with E-state index >= 15 is 0 Å². The molecule has 0 heterocycles. The number of aromatic hydroxyl groups is 2. The van der Waals surface area contributed by atoms with Crippen LogP contribution in [0.1, 0.15) is 12.5 Å². The summed E-state index contributed by atoms with van der Waals surface area (Å²) in [5, 5.41) is 32.2. The molecule has 0 aliphatic heterocycles. The zero-order chi connectivity index (χ0) is 16.0. The van der Waals surface area contributed by atoms with Gasteiger partial charge in [-0.15, -0.1) is 0 Å². The molecule has 0 unspecified atom stereocenters. The van der Waals surface area contributed by atoms with Gasteiger partial charge in [-0.25, -0.2) is 5.48 Å². The fourth-order valence-corrected chi connectivity index (χ4v) is 1.52. The molecule has 0 spiro atoms. The average Bonchev–Trinajstić information content (AvgIpc) is 2.43. The van der Waals surface area contributed by atoms with Crippen LogP contribution >= 0.6 is 0 Å². The zero-order valence-corrected chi connectivity index (χ0v) is 11.1. The number of rotatable bonds is 5. The van der Waals surface area contributed by atoms with Gasteiger partial charge in [0.2, 0.25) is 11.8 Å². The van der Waals surface area contributed by atoms with Gasteiger partial charge in [0.1, 0.15) is 17.2 Å². The number of amides is 3. The van der Waals surface area contributed by atoms with Crippen molar-refractivity contribution in [3.63, 3.8) is 0 Å². The lowest BCUT2D eigenvalue weighted by Crippen LogP contribution is -2.36. The second-order valence-corrected chi connectivity index (χ2v) is 4.14. The van der Waals surface area contributed by atoms with Crippen LogP contribution in [0, 0.1) is 0 Å². The van der Waals surface area contributed by atoms with E-state index in [9.17, 15) is 24.6 Å². The summed E-state index contributed by atoms with van der Waals surface area (Å²) in [4.78, 5) is 33.3. The van der Waals surface area contributed by atoms with E-state index < -0.39 is 30.0 Å². The van der Waals surface area contributed by atoms with Crippen molar-refractivity contribution >= 4 is 23.4 Å². The van der Waals surface area contributed by atoms with E-state index in [0.717, 1.165) is 0 Å². The largest absolute Gasteiger partial charge is 0.506 e. The van der Waals surface area contributed by atoms with Gasteiger partial charge in [0.25, 0.3) is 5.91 Å². The predicted octanol–water partition coefficient (Wildman–Crippen LogP) is -0.780. The van der Waals surface area contributed by atoms with Gasteiger partial charge in [-0.2, -0.15) is 0 Å². The number of carbonyl (C=O) groups excluding carboxylic acids is 3. The molecule has 0 saturated carbocycles. The van der Waals surface area contributed by atoms with Gasteiger partial charge >= 0.3 is 0 Å². The highest BCUT2D eigenvalue weighted by Gasteiger charge is 2.16. The number of hydroxylamine groups is 1. The number of nitrogens with one attached hydrogen (secondary N) is 3. The highest BCUT2D eigenvalue weighted by molar-refractivity contribution is 5.93. The van der Waals surface area contributed by atoms with Crippen LogP contribution in [0.4, 0.5) is 5.69 Å². The molecule has 1 rings (SSSR count). The predicted molar refractivity (Wildman–Crippen MR) is 70.7 cm³/mol. The Bertz CT molecular complexity index is 572. The molecular weight excluding hydrogens is 282 g/mol. The molecule has 3 amide bonds. The molecule has 21 heavy (non-hydrogen) atoms. The molecule has 9 heteroatoms. The van der Waals surface area contributed by atoms with Crippen molar-refractivity contribution in [2.75, 3.05) is 11.9 Å². The molecule has 6 N–H and O–H groups in total. The van der Waals surface area contributed by atoms with Crippen LogP contribution in [0.15, 0.2) is 12.1 Å². The smallest absolute Gasteiger partial charge is 0.262 e. The summed E-state index contributed by atoms with van der Waals surface area (Å²) in [6, 6.07) is 2.52. The van der Waals surface area contributed by atoms with E-state index in [4.69, 9.17) is 5.21 Å². The molecule has 1 aromatic carbocycles. The van der Waals surface area contributed by atoms with Gasteiger partial charge in [0.15, 0.2) is 0 Å². The Morgan fingerprint density at radius 2 is 1.81 bits per heavy atom. The van der Waals surface area contributed by atoms with E-state index in [1.54, 1.807) is 0 Å². The van der Waals surface area contributed by atoms with Crippen molar-refractivity contribution in [1.29, 1.82) is 0 Å². The van der Waals surface area contributed by atoms with Crippen molar-refractivity contribution < 1.29 is 29.8 Å². The van der Waals surface area contributed by atoms with Crippen LogP contribution in [0.3, 0.4) is 0 Å². The van der Waals surface area contributed by atoms with Gasteiger partial charge in [0, 0.05) is 12.5 Å². The third kappa shape index (κ3) is 4.66. The van der Waals surface area contributed by atoms with Crippen molar-refractivity contribution in [2.24, 2.45) is 0 Å². The third-order valence-electron chi connectivity index (χ3n) is 2.46. The number of hydrogen-bond donors (Lipinski definition) is 6. The topological polar surface area (TPSA) is 148 Å². The monoisotopic (exact) mass is 297 g/mol. The van der Waals surface area contributed by atoms with Crippen molar-refractivity contribution in [3.8, 4) is 11.5 Å². The number of hydrogen-bond acceptors (Lipinski definition) is 6. The Labute approximate surface area is 119 Å². The molecule has 114 valence electrons. The van der Waals surface area contributed by atoms with Crippen LogP contribution in [0.25, 0.3) is 0 Å². The van der Waals surface area contributed by atoms with Crippen molar-refractivity contribution in [2.45, 2.75) is 13.3 Å². The van der Waals surface area contributed by atoms with E-state index in [1.165, 1.54) is 24.5 Å². The third-order valence-corrected chi connectivity index (χ3v) is 2.46. The van der Waals surface area contributed by atoms with Gasteiger partial charge in [-0.05, 0) is 6.07 Å². The first kappa shape index (κ1) is 16.2. The lowest BCUT2D eigenvalue weighted by molar-refractivity contribution is -0.131. The second kappa shape index (κ2) is 7.10. The van der Waals surface area contributed by atoms with Crippen LogP contribution in [-0.4, -0.2) is 39.7 Å². The summed E-state index contributed by atoms with van der Waals surface area (Å²) in [6.07, 6.45) is -0.280. The molecule has 0 aliphatic carbocycles. The number of phenolic OH excluding ortho intramolecular Hbond substituents is 2. The van der Waals surface area contributed by atoms with Crippen LogP contribution in [-0.2, 0) is 20.8 Å². The fraction of sp³-hybridized carbons (Fsp3) is 0.250. The van der Waals surface area contributed by atoms with Gasteiger partial charge in [-0.3, -0.25) is 19.6 Å². The fourth-order valence-electron chi connectivity index (χ4n) is 1.52. The number of carbonyl (C=O) groups is 3. The summed E-state index contributed by atoms with van der Waals surface area (Å²) in [6.45, 7) is 0.776. The van der Waals surface area contributed by atoms with Crippen LogP contribution in [0.2, 0.25) is 0 Å². The summed E-state index contributed by atoms with van der Waals surface area (Å²) >= 11 is 0. The summed E-state index contributed by atoms with van der Waals surface area (Å²) in [5.74, 6) is -2.66. The molecule has 0 aromatic heterocycles. The maximum atomic E-state index is 11.6. The lowest BCUT2D eigenvalue weighted by atomic mass is 10.1. The number of benzene rings is 1. The Hall–Kier alpha value is -2.81. The first-order chi connectivity index (χ1) is 9.85. The van der Waals surface area contributed by atoms with Crippen LogP contribution in [0.5, 0.6) is 11.5 Å². The Morgan fingerprint density at radius 3 is 2.38 bits per heavy atom. The molecule has 1 aromatic rings. The highest BCUT2D eigenvalue weighted by Crippen LogP contribution is 2.36. The minimum atomic E-state index is -0.794. The summed E-state index contributed by atoms with van der Waals surface area (Å²) in [7, 11) is 0. The SMILES string of the molecule is CC(=O)Nc1c(O)ccc(CC(=O)NCC(=O)NO)c1O. The Balaban J connectivity index is 2.82. The molecule has 0 fully saturated rings. The molecular formula is C12H15N3O6. The zero-order valence-electron chi connectivity index (χ0n) is 11.1. The number of phenols is 2. The van der Waals surface area contributed by atoms with E-state index in [2.05, 4.69) is 10.6 Å². The standard InChI is InChI=1S/C12H15N3O6/c1-6(16)14-11-8(17)3-2-7(12(11)20)4-9(18)13-5-10(19)15-21/h2-3,17,20-21H,4-5H2,1H3,(H,13,18)(H,14,16)(H,15,19). The molecule has 9 nitrogen and oxygen atoms in total.